The second-order valence-electron chi connectivity index (χ2n) is 6.18. The predicted octanol–water partition coefficient (Wildman–Crippen LogP) is 3.45. The lowest BCUT2D eigenvalue weighted by molar-refractivity contribution is 0.00578. The van der Waals surface area contributed by atoms with Gasteiger partial charge in [0.05, 0.1) is 11.2 Å². The van der Waals surface area contributed by atoms with E-state index in [4.69, 9.17) is 26.6 Å². The SMILES string of the molecule is CC1(C)OB(C(=Cc2ccc(Cl)cc2F)CN)OC1(C)C. The molecule has 0 unspecified atom stereocenters. The van der Waals surface area contributed by atoms with Gasteiger partial charge in [0.25, 0.3) is 0 Å². The van der Waals surface area contributed by atoms with Crippen molar-refractivity contribution >= 4 is 24.8 Å². The maximum absolute atomic E-state index is 13.9. The molecule has 0 saturated carbocycles. The fourth-order valence-corrected chi connectivity index (χ4v) is 2.19. The van der Waals surface area contributed by atoms with Crippen molar-refractivity contribution in [1.82, 2.24) is 0 Å². The largest absolute Gasteiger partial charge is 0.491 e. The predicted molar refractivity (Wildman–Crippen MR) is 84.5 cm³/mol. The first kappa shape index (κ1) is 16.5. The normalized spacial score (nSPS) is 20.9. The van der Waals surface area contributed by atoms with E-state index in [1.807, 2.05) is 27.7 Å². The van der Waals surface area contributed by atoms with E-state index in [-0.39, 0.29) is 6.54 Å². The molecule has 0 aromatic heterocycles. The highest BCUT2D eigenvalue weighted by atomic mass is 35.5. The van der Waals surface area contributed by atoms with Crippen LogP contribution in [0.15, 0.2) is 23.7 Å². The third kappa shape index (κ3) is 3.32. The number of benzene rings is 1. The van der Waals surface area contributed by atoms with E-state index in [0.717, 1.165) is 0 Å². The zero-order valence-electron chi connectivity index (χ0n) is 12.7. The molecular weight excluding hydrogens is 291 g/mol. The van der Waals surface area contributed by atoms with Crippen molar-refractivity contribution in [3.8, 4) is 0 Å². The molecule has 1 fully saturated rings. The Hall–Kier alpha value is -0.875. The van der Waals surface area contributed by atoms with Gasteiger partial charge in [-0.15, -0.1) is 0 Å². The maximum Gasteiger partial charge on any atom is 0.491 e. The Bertz CT molecular complexity index is 559. The molecule has 1 aliphatic heterocycles. The molecule has 0 atom stereocenters. The van der Waals surface area contributed by atoms with Crippen LogP contribution in [0.4, 0.5) is 4.39 Å². The lowest BCUT2D eigenvalue weighted by Crippen LogP contribution is -2.41. The molecule has 0 radical (unpaired) electrons. The average Bonchev–Trinajstić information content (AvgIpc) is 2.57. The smallest absolute Gasteiger partial charge is 0.400 e. The first-order valence-electron chi connectivity index (χ1n) is 6.87. The summed E-state index contributed by atoms with van der Waals surface area (Å²) in [5, 5.41) is 0.356. The highest BCUT2D eigenvalue weighted by Crippen LogP contribution is 2.38. The topological polar surface area (TPSA) is 44.5 Å². The van der Waals surface area contributed by atoms with Crippen LogP contribution in [0.25, 0.3) is 6.08 Å². The Morgan fingerprint density at radius 2 is 1.86 bits per heavy atom. The van der Waals surface area contributed by atoms with Crippen molar-refractivity contribution in [2.24, 2.45) is 5.73 Å². The molecule has 0 amide bonds. The molecule has 0 spiro atoms. The molecule has 1 aliphatic rings. The van der Waals surface area contributed by atoms with Gasteiger partial charge in [-0.25, -0.2) is 4.39 Å². The van der Waals surface area contributed by atoms with E-state index >= 15 is 0 Å². The summed E-state index contributed by atoms with van der Waals surface area (Å²) in [5.41, 5.74) is 5.97. The zero-order chi connectivity index (χ0) is 15.8. The summed E-state index contributed by atoms with van der Waals surface area (Å²) in [6.45, 7) is 8.07. The second kappa shape index (κ2) is 5.73. The Balaban J connectivity index is 2.31. The molecule has 2 N–H and O–H groups in total. The van der Waals surface area contributed by atoms with E-state index in [1.165, 1.54) is 6.07 Å². The van der Waals surface area contributed by atoms with Gasteiger partial charge >= 0.3 is 7.12 Å². The Labute approximate surface area is 130 Å². The summed E-state index contributed by atoms with van der Waals surface area (Å²) in [4.78, 5) is 0. The number of rotatable bonds is 3. The third-order valence-corrected chi connectivity index (χ3v) is 4.33. The molecule has 2 rings (SSSR count). The first-order valence-corrected chi connectivity index (χ1v) is 7.25. The van der Waals surface area contributed by atoms with Gasteiger partial charge in [-0.05, 0) is 45.3 Å². The monoisotopic (exact) mass is 311 g/mol. The summed E-state index contributed by atoms with van der Waals surface area (Å²) in [6.07, 6.45) is 1.66. The lowest BCUT2D eigenvalue weighted by atomic mass is 9.77. The van der Waals surface area contributed by atoms with Crippen LogP contribution in [0, 0.1) is 5.82 Å². The van der Waals surface area contributed by atoms with E-state index < -0.39 is 24.1 Å². The van der Waals surface area contributed by atoms with Gasteiger partial charge in [0.1, 0.15) is 5.82 Å². The third-order valence-electron chi connectivity index (χ3n) is 4.10. The Morgan fingerprint density at radius 1 is 1.29 bits per heavy atom. The molecule has 6 heteroatoms. The summed E-state index contributed by atoms with van der Waals surface area (Å²) in [7, 11) is -0.574. The van der Waals surface area contributed by atoms with Crippen molar-refractivity contribution in [2.75, 3.05) is 6.54 Å². The van der Waals surface area contributed by atoms with Crippen molar-refractivity contribution in [3.05, 3.63) is 40.1 Å². The molecule has 1 saturated heterocycles. The molecular formula is C15H20BClFNO2. The van der Waals surface area contributed by atoms with E-state index in [0.29, 0.717) is 16.1 Å². The second-order valence-corrected chi connectivity index (χ2v) is 6.61. The molecule has 1 heterocycles. The summed E-state index contributed by atoms with van der Waals surface area (Å²) in [5.74, 6) is -0.398. The van der Waals surface area contributed by atoms with Crippen molar-refractivity contribution in [3.63, 3.8) is 0 Å². The van der Waals surface area contributed by atoms with Crippen LogP contribution in [-0.4, -0.2) is 24.9 Å². The molecule has 0 aliphatic carbocycles. The standard InChI is InChI=1S/C15H20BClFNO2/c1-14(2)15(3,4)21-16(20-14)11(9-19)7-10-5-6-12(17)8-13(10)18/h5-8H,9,19H2,1-4H3. The van der Waals surface area contributed by atoms with Crippen LogP contribution in [0.2, 0.25) is 5.02 Å². The summed E-state index contributed by atoms with van der Waals surface area (Å²) in [6, 6.07) is 4.51. The highest BCUT2D eigenvalue weighted by molar-refractivity contribution is 6.55. The van der Waals surface area contributed by atoms with Crippen LogP contribution in [-0.2, 0) is 9.31 Å². The zero-order valence-corrected chi connectivity index (χ0v) is 13.5. The molecule has 3 nitrogen and oxygen atoms in total. The minimum atomic E-state index is -0.574. The lowest BCUT2D eigenvalue weighted by Gasteiger charge is -2.32. The van der Waals surface area contributed by atoms with Gasteiger partial charge in [0.15, 0.2) is 0 Å². The average molecular weight is 312 g/mol. The minimum absolute atomic E-state index is 0.221. The number of hydrogen-bond donors (Lipinski definition) is 1. The molecule has 1 aromatic rings. The van der Waals surface area contributed by atoms with Gasteiger partial charge < -0.3 is 15.0 Å². The molecule has 0 bridgehead atoms. The Kier molecular flexibility index (Phi) is 4.50. The fourth-order valence-electron chi connectivity index (χ4n) is 2.04. The molecule has 1 aromatic carbocycles. The molecule has 114 valence electrons. The summed E-state index contributed by atoms with van der Waals surface area (Å²) < 4.78 is 25.8. The quantitative estimate of drug-likeness (QED) is 0.870. The van der Waals surface area contributed by atoms with Gasteiger partial charge in [0.2, 0.25) is 0 Å². The van der Waals surface area contributed by atoms with Gasteiger partial charge in [0, 0.05) is 17.1 Å². The van der Waals surface area contributed by atoms with E-state index in [2.05, 4.69) is 0 Å². The first-order chi connectivity index (χ1) is 9.66. The van der Waals surface area contributed by atoms with Crippen LogP contribution in [0.1, 0.15) is 33.3 Å². The van der Waals surface area contributed by atoms with Gasteiger partial charge in [-0.1, -0.05) is 23.7 Å². The number of nitrogens with two attached hydrogens (primary N) is 1. The van der Waals surface area contributed by atoms with E-state index in [1.54, 1.807) is 18.2 Å². The van der Waals surface area contributed by atoms with Crippen molar-refractivity contribution in [1.29, 1.82) is 0 Å². The van der Waals surface area contributed by atoms with Gasteiger partial charge in [-0.2, -0.15) is 0 Å². The number of halogens is 2. The number of hydrogen-bond acceptors (Lipinski definition) is 3. The Morgan fingerprint density at radius 3 is 2.33 bits per heavy atom. The highest BCUT2D eigenvalue weighted by Gasteiger charge is 2.52. The van der Waals surface area contributed by atoms with Gasteiger partial charge in [-0.3, -0.25) is 0 Å². The van der Waals surface area contributed by atoms with Crippen molar-refractivity contribution < 1.29 is 13.7 Å². The van der Waals surface area contributed by atoms with Crippen LogP contribution in [0.3, 0.4) is 0 Å². The van der Waals surface area contributed by atoms with Crippen LogP contribution in [0.5, 0.6) is 0 Å². The summed E-state index contributed by atoms with van der Waals surface area (Å²) >= 11 is 5.75. The fraction of sp³-hybridized carbons (Fsp3) is 0.467. The van der Waals surface area contributed by atoms with Crippen LogP contribution >= 0.6 is 11.6 Å². The molecule has 21 heavy (non-hydrogen) atoms. The van der Waals surface area contributed by atoms with Crippen molar-refractivity contribution in [2.45, 2.75) is 38.9 Å². The van der Waals surface area contributed by atoms with E-state index in [9.17, 15) is 4.39 Å². The minimum Gasteiger partial charge on any atom is -0.400 e. The van der Waals surface area contributed by atoms with Crippen LogP contribution < -0.4 is 5.73 Å². The maximum atomic E-state index is 13.9.